The Morgan fingerprint density at radius 3 is 2.62 bits per heavy atom. The third-order valence-electron chi connectivity index (χ3n) is 7.52. The summed E-state index contributed by atoms with van der Waals surface area (Å²) in [7, 11) is 0. The van der Waals surface area contributed by atoms with Crippen LogP contribution in [0, 0.1) is 0 Å². The zero-order valence-electron chi connectivity index (χ0n) is 20.8. The van der Waals surface area contributed by atoms with Crippen molar-refractivity contribution >= 4 is 40.2 Å². The summed E-state index contributed by atoms with van der Waals surface area (Å²) in [4.78, 5) is 33.0. The number of piperazine rings is 1. The van der Waals surface area contributed by atoms with Gasteiger partial charge in [-0.1, -0.05) is 29.8 Å². The molecule has 0 aromatic carbocycles. The normalized spacial score (nSPS) is 20.5. The Balaban J connectivity index is 1.13. The lowest BCUT2D eigenvalue weighted by Crippen LogP contribution is -2.50. The number of carbonyl (C=O) groups excluding carboxylic acids is 1. The second-order valence-electron chi connectivity index (χ2n) is 9.73. The first-order chi connectivity index (χ1) is 18.2. The molecule has 2 aliphatic heterocycles. The Morgan fingerprint density at radius 2 is 1.86 bits per heavy atom. The van der Waals surface area contributed by atoms with Gasteiger partial charge in [0.15, 0.2) is 5.65 Å². The van der Waals surface area contributed by atoms with Gasteiger partial charge in [-0.25, -0.2) is 4.98 Å². The number of anilines is 2. The molecule has 1 unspecified atom stereocenters. The van der Waals surface area contributed by atoms with Crippen molar-refractivity contribution in [1.29, 1.82) is 0 Å². The molecule has 1 N–H and O–H groups in total. The number of pyridine rings is 1. The van der Waals surface area contributed by atoms with Gasteiger partial charge in [0.2, 0.25) is 5.91 Å². The quantitative estimate of drug-likeness (QED) is 0.536. The summed E-state index contributed by atoms with van der Waals surface area (Å²) in [5.41, 5.74) is 3.66. The van der Waals surface area contributed by atoms with Gasteiger partial charge in [0.1, 0.15) is 11.5 Å². The molecule has 0 bridgehead atoms. The highest BCUT2D eigenvalue weighted by atomic mass is 35.5. The zero-order valence-corrected chi connectivity index (χ0v) is 21.5. The lowest BCUT2D eigenvalue weighted by molar-refractivity contribution is -0.129. The van der Waals surface area contributed by atoms with E-state index in [1.54, 1.807) is 24.8 Å². The van der Waals surface area contributed by atoms with E-state index in [4.69, 9.17) is 16.6 Å². The zero-order chi connectivity index (χ0) is 25.2. The second kappa shape index (κ2) is 10.5. The standard InChI is InChI=1S/C27H31ClN8O/c28-22-17-29-8-7-23(22)34-13-15-35(16-14-34)25(37)19-31-27-26(32-24-18-30-9-12-36(24)27)20-3-5-21(6-4-20)33-10-1-2-11-33/h3-5,7-9,12,17-18,21,31H,1-2,6,10-11,13-16,19H2. The number of carbonyl (C=O) groups is 1. The van der Waals surface area contributed by atoms with E-state index in [0.29, 0.717) is 24.2 Å². The number of imidazole rings is 1. The van der Waals surface area contributed by atoms with Crippen LogP contribution in [0.15, 0.2) is 55.3 Å². The molecule has 3 aromatic rings. The minimum atomic E-state index is 0.0673. The topological polar surface area (TPSA) is 81.9 Å². The summed E-state index contributed by atoms with van der Waals surface area (Å²) in [6.07, 6.45) is 19.1. The SMILES string of the molecule is O=C(CNc1c(C2=CCC(N3CCCC3)C=C2)nc2cnccn12)N1CCN(c2ccncc2Cl)CC1. The fraction of sp³-hybridized carbons (Fsp3) is 0.407. The van der Waals surface area contributed by atoms with Crippen molar-refractivity contribution in [2.45, 2.75) is 25.3 Å². The first-order valence-electron chi connectivity index (χ1n) is 13.0. The maximum absolute atomic E-state index is 13.1. The number of rotatable bonds is 6. The van der Waals surface area contributed by atoms with Gasteiger partial charge in [-0.15, -0.1) is 0 Å². The van der Waals surface area contributed by atoms with Crippen LogP contribution in [0.1, 0.15) is 25.0 Å². The van der Waals surface area contributed by atoms with Crippen molar-refractivity contribution in [2.24, 2.45) is 0 Å². The van der Waals surface area contributed by atoms with E-state index in [-0.39, 0.29) is 12.5 Å². The van der Waals surface area contributed by atoms with Crippen molar-refractivity contribution in [3.63, 3.8) is 0 Å². The van der Waals surface area contributed by atoms with E-state index < -0.39 is 0 Å². The molecular formula is C27H31ClN8O. The lowest BCUT2D eigenvalue weighted by atomic mass is 9.99. The Labute approximate surface area is 221 Å². The highest BCUT2D eigenvalue weighted by Gasteiger charge is 2.25. The Morgan fingerprint density at radius 1 is 1.05 bits per heavy atom. The van der Waals surface area contributed by atoms with Gasteiger partial charge in [0.05, 0.1) is 23.5 Å². The third kappa shape index (κ3) is 4.93. The molecule has 9 nitrogen and oxygen atoms in total. The van der Waals surface area contributed by atoms with Crippen LogP contribution in [0.5, 0.6) is 0 Å². The molecule has 2 saturated heterocycles. The number of fused-ring (bicyclic) bond motifs is 1. The van der Waals surface area contributed by atoms with Crippen LogP contribution in [-0.2, 0) is 4.79 Å². The van der Waals surface area contributed by atoms with Crippen LogP contribution in [0.3, 0.4) is 0 Å². The maximum Gasteiger partial charge on any atom is 0.242 e. The minimum Gasteiger partial charge on any atom is -0.367 e. The fourth-order valence-corrected chi connectivity index (χ4v) is 5.74. The summed E-state index contributed by atoms with van der Waals surface area (Å²) in [5, 5.41) is 4.04. The van der Waals surface area contributed by atoms with Crippen molar-refractivity contribution in [3.05, 3.63) is 66.0 Å². The first kappa shape index (κ1) is 23.9. The number of hydrogen-bond donors (Lipinski definition) is 1. The van der Waals surface area contributed by atoms with Gasteiger partial charge >= 0.3 is 0 Å². The highest BCUT2D eigenvalue weighted by molar-refractivity contribution is 6.33. The number of amides is 1. The smallest absolute Gasteiger partial charge is 0.242 e. The largest absolute Gasteiger partial charge is 0.367 e. The highest BCUT2D eigenvalue weighted by Crippen LogP contribution is 2.30. The van der Waals surface area contributed by atoms with Gasteiger partial charge in [0.25, 0.3) is 0 Å². The van der Waals surface area contributed by atoms with Gasteiger partial charge in [-0.05, 0) is 44.0 Å². The van der Waals surface area contributed by atoms with E-state index >= 15 is 0 Å². The summed E-state index contributed by atoms with van der Waals surface area (Å²) < 4.78 is 1.97. The molecule has 2 fully saturated rings. The number of halogens is 1. The van der Waals surface area contributed by atoms with Crippen LogP contribution in [0.2, 0.25) is 5.02 Å². The molecule has 192 valence electrons. The molecule has 1 aliphatic carbocycles. The van der Waals surface area contributed by atoms with Crippen molar-refractivity contribution in [1.82, 2.24) is 29.2 Å². The monoisotopic (exact) mass is 518 g/mol. The molecule has 5 heterocycles. The van der Waals surface area contributed by atoms with Crippen LogP contribution in [-0.4, -0.2) is 86.9 Å². The van der Waals surface area contributed by atoms with Gasteiger partial charge in [-0.3, -0.25) is 24.1 Å². The van der Waals surface area contributed by atoms with E-state index in [0.717, 1.165) is 47.9 Å². The number of nitrogens with zero attached hydrogens (tertiary/aromatic N) is 7. The van der Waals surface area contributed by atoms with Gasteiger partial charge in [-0.2, -0.15) is 0 Å². The second-order valence-corrected chi connectivity index (χ2v) is 10.1. The molecule has 3 aromatic heterocycles. The number of aromatic nitrogens is 4. The average Bonchev–Trinajstić information content (AvgIpc) is 3.61. The van der Waals surface area contributed by atoms with Crippen molar-refractivity contribution in [2.75, 3.05) is 56.0 Å². The van der Waals surface area contributed by atoms with E-state index in [1.165, 1.54) is 25.9 Å². The van der Waals surface area contributed by atoms with Crippen molar-refractivity contribution < 1.29 is 4.79 Å². The van der Waals surface area contributed by atoms with E-state index in [9.17, 15) is 4.79 Å². The number of nitrogens with one attached hydrogen (secondary N) is 1. The van der Waals surface area contributed by atoms with E-state index in [1.807, 2.05) is 21.6 Å². The van der Waals surface area contributed by atoms with Crippen LogP contribution >= 0.6 is 11.6 Å². The maximum atomic E-state index is 13.1. The molecule has 10 heteroatoms. The molecule has 6 rings (SSSR count). The Hall–Kier alpha value is -3.43. The van der Waals surface area contributed by atoms with Crippen LogP contribution in [0.25, 0.3) is 11.2 Å². The molecule has 0 spiro atoms. The summed E-state index contributed by atoms with van der Waals surface area (Å²) >= 11 is 6.31. The predicted molar refractivity (Wildman–Crippen MR) is 146 cm³/mol. The molecule has 37 heavy (non-hydrogen) atoms. The molecule has 0 saturated carbocycles. The van der Waals surface area contributed by atoms with Crippen LogP contribution < -0.4 is 10.2 Å². The lowest BCUT2D eigenvalue weighted by Gasteiger charge is -2.36. The predicted octanol–water partition coefficient (Wildman–Crippen LogP) is 3.35. The number of likely N-dealkylation sites (tertiary alicyclic amines) is 1. The van der Waals surface area contributed by atoms with Gasteiger partial charge < -0.3 is 15.1 Å². The molecular weight excluding hydrogens is 488 g/mol. The number of hydrogen-bond acceptors (Lipinski definition) is 7. The van der Waals surface area contributed by atoms with Gasteiger partial charge in [0, 0.05) is 57.0 Å². The summed E-state index contributed by atoms with van der Waals surface area (Å²) in [6.45, 7) is 5.32. The fourth-order valence-electron chi connectivity index (χ4n) is 5.50. The van der Waals surface area contributed by atoms with Crippen LogP contribution in [0.4, 0.5) is 11.5 Å². The minimum absolute atomic E-state index is 0.0673. The van der Waals surface area contributed by atoms with E-state index in [2.05, 4.69) is 43.3 Å². The van der Waals surface area contributed by atoms with Crippen molar-refractivity contribution in [3.8, 4) is 0 Å². The summed E-state index contributed by atoms with van der Waals surface area (Å²) in [5.74, 6) is 0.890. The molecule has 1 atom stereocenters. The first-order valence-corrected chi connectivity index (χ1v) is 13.4. The summed E-state index contributed by atoms with van der Waals surface area (Å²) in [6, 6.07) is 2.38. The molecule has 3 aliphatic rings. The Bertz CT molecular complexity index is 1340. The Kier molecular flexibility index (Phi) is 6.80. The molecule has 0 radical (unpaired) electrons. The number of allylic oxidation sites excluding steroid dienone is 2. The average molecular weight is 519 g/mol. The third-order valence-corrected chi connectivity index (χ3v) is 7.81. The molecule has 1 amide bonds.